The van der Waals surface area contributed by atoms with Crippen molar-refractivity contribution in [1.82, 2.24) is 9.88 Å². The van der Waals surface area contributed by atoms with Gasteiger partial charge in [0.05, 0.1) is 6.61 Å². The molecule has 4 nitrogen and oxygen atoms in total. The van der Waals surface area contributed by atoms with Gasteiger partial charge in [0.1, 0.15) is 6.04 Å². The van der Waals surface area contributed by atoms with Crippen molar-refractivity contribution in [2.75, 3.05) is 6.61 Å². The number of rotatable bonds is 4. The predicted octanol–water partition coefficient (Wildman–Crippen LogP) is 3.67. The molecule has 1 N–H and O–H groups in total. The maximum Gasteiger partial charge on any atom is 0.323 e. The summed E-state index contributed by atoms with van der Waals surface area (Å²) in [6.07, 6.45) is 5.87. The molecule has 0 bridgehead atoms. The lowest BCUT2D eigenvalue weighted by atomic mass is 9.88. The monoisotopic (exact) mass is 324 g/mol. The number of ether oxygens (including phenoxy) is 1. The highest BCUT2D eigenvalue weighted by atomic mass is 16.5. The Labute approximate surface area is 142 Å². The minimum absolute atomic E-state index is 0.131. The number of nitrogens with one attached hydrogen (secondary N) is 1. The summed E-state index contributed by atoms with van der Waals surface area (Å²) in [6, 6.07) is 9.03. The zero-order valence-electron chi connectivity index (χ0n) is 14.1. The van der Waals surface area contributed by atoms with E-state index in [-0.39, 0.29) is 18.1 Å². The second-order valence-corrected chi connectivity index (χ2v) is 6.73. The first kappa shape index (κ1) is 15.5. The average Bonchev–Trinajstić information content (AvgIpc) is 2.94. The van der Waals surface area contributed by atoms with Crippen LogP contribution in [0.4, 0.5) is 0 Å². The van der Waals surface area contributed by atoms with Crippen molar-refractivity contribution in [2.45, 2.75) is 50.7 Å². The quantitative estimate of drug-likeness (QED) is 0.689. The van der Waals surface area contributed by atoms with Gasteiger partial charge in [0.15, 0.2) is 0 Å². The molecule has 2 aliphatic heterocycles. The number of hydrogen-bond acceptors (Lipinski definition) is 3. The SMILES string of the molecule is C=CC[C@@H]1CC[C@@H]2N[C@H](C(=O)OCC)Cc3c2n1c1ccccc31. The van der Waals surface area contributed by atoms with Crippen molar-refractivity contribution in [3.05, 3.63) is 48.2 Å². The highest BCUT2D eigenvalue weighted by Gasteiger charge is 2.39. The summed E-state index contributed by atoms with van der Waals surface area (Å²) in [6.45, 7) is 6.22. The van der Waals surface area contributed by atoms with Gasteiger partial charge >= 0.3 is 5.97 Å². The number of aromatic nitrogens is 1. The molecule has 1 aromatic heterocycles. The van der Waals surface area contributed by atoms with Crippen LogP contribution in [0.2, 0.25) is 0 Å². The Morgan fingerprint density at radius 3 is 3.04 bits per heavy atom. The fourth-order valence-electron chi connectivity index (χ4n) is 4.44. The fraction of sp³-hybridized carbons (Fsp3) is 0.450. The number of carbonyl (C=O) groups excluding carboxylic acids is 1. The summed E-state index contributed by atoms with van der Waals surface area (Å²) >= 11 is 0. The van der Waals surface area contributed by atoms with E-state index in [2.05, 4.69) is 40.7 Å². The first-order chi connectivity index (χ1) is 11.7. The molecular weight excluding hydrogens is 300 g/mol. The Morgan fingerprint density at radius 2 is 2.25 bits per heavy atom. The molecule has 0 saturated carbocycles. The van der Waals surface area contributed by atoms with Gasteiger partial charge in [0.2, 0.25) is 0 Å². The third-order valence-electron chi connectivity index (χ3n) is 5.36. The number of fused-ring (bicyclic) bond motifs is 3. The molecule has 0 spiro atoms. The molecule has 0 saturated heterocycles. The maximum atomic E-state index is 12.3. The van der Waals surface area contributed by atoms with E-state index in [0.717, 1.165) is 19.3 Å². The molecule has 2 aliphatic rings. The van der Waals surface area contributed by atoms with Gasteiger partial charge in [-0.1, -0.05) is 24.3 Å². The normalized spacial score (nSPS) is 25.3. The average molecular weight is 324 g/mol. The van der Waals surface area contributed by atoms with Gasteiger partial charge in [-0.2, -0.15) is 0 Å². The van der Waals surface area contributed by atoms with E-state index in [4.69, 9.17) is 4.74 Å². The highest BCUT2D eigenvalue weighted by Crippen LogP contribution is 2.44. The van der Waals surface area contributed by atoms with Crippen molar-refractivity contribution in [1.29, 1.82) is 0 Å². The Morgan fingerprint density at radius 1 is 1.42 bits per heavy atom. The van der Waals surface area contributed by atoms with Crippen molar-refractivity contribution in [2.24, 2.45) is 0 Å². The number of hydrogen-bond donors (Lipinski definition) is 1. The van der Waals surface area contributed by atoms with Crippen LogP contribution in [0.3, 0.4) is 0 Å². The fourth-order valence-corrected chi connectivity index (χ4v) is 4.44. The minimum Gasteiger partial charge on any atom is -0.465 e. The van der Waals surface area contributed by atoms with Crippen molar-refractivity contribution >= 4 is 16.9 Å². The largest absolute Gasteiger partial charge is 0.465 e. The van der Waals surface area contributed by atoms with E-state index >= 15 is 0 Å². The number of nitrogens with zero attached hydrogens (tertiary/aromatic N) is 1. The van der Waals surface area contributed by atoms with Crippen LogP contribution < -0.4 is 5.32 Å². The van der Waals surface area contributed by atoms with Gasteiger partial charge in [-0.3, -0.25) is 10.1 Å². The summed E-state index contributed by atoms with van der Waals surface area (Å²) in [5.41, 5.74) is 3.97. The molecule has 2 aromatic rings. The van der Waals surface area contributed by atoms with Crippen LogP contribution >= 0.6 is 0 Å². The molecule has 1 aromatic carbocycles. The summed E-state index contributed by atoms with van der Waals surface area (Å²) in [5.74, 6) is -0.131. The first-order valence-corrected chi connectivity index (χ1v) is 8.89. The van der Waals surface area contributed by atoms with Crippen LogP contribution in [0.25, 0.3) is 10.9 Å². The number of para-hydroxylation sites is 1. The molecule has 4 heteroatoms. The zero-order valence-corrected chi connectivity index (χ0v) is 14.1. The second kappa shape index (κ2) is 6.10. The van der Waals surface area contributed by atoms with Crippen LogP contribution in [-0.2, 0) is 16.0 Å². The lowest BCUT2D eigenvalue weighted by molar-refractivity contribution is -0.146. The van der Waals surface area contributed by atoms with E-state index in [1.54, 1.807) is 0 Å². The number of benzene rings is 1. The van der Waals surface area contributed by atoms with Gasteiger partial charge in [-0.25, -0.2) is 0 Å². The van der Waals surface area contributed by atoms with E-state index < -0.39 is 0 Å². The van der Waals surface area contributed by atoms with Crippen LogP contribution in [0, 0.1) is 0 Å². The number of carbonyl (C=O) groups is 1. The minimum atomic E-state index is -0.238. The second-order valence-electron chi connectivity index (χ2n) is 6.73. The van der Waals surface area contributed by atoms with E-state index in [1.807, 2.05) is 13.0 Å². The van der Waals surface area contributed by atoms with Gasteiger partial charge < -0.3 is 9.30 Å². The summed E-state index contributed by atoms with van der Waals surface area (Å²) in [4.78, 5) is 12.3. The molecule has 0 amide bonds. The molecule has 0 radical (unpaired) electrons. The Kier molecular flexibility index (Phi) is 3.93. The third-order valence-corrected chi connectivity index (χ3v) is 5.36. The van der Waals surface area contributed by atoms with Crippen molar-refractivity contribution in [3.63, 3.8) is 0 Å². The lowest BCUT2D eigenvalue weighted by Gasteiger charge is -2.38. The van der Waals surface area contributed by atoms with Crippen LogP contribution in [0.1, 0.15) is 49.5 Å². The van der Waals surface area contributed by atoms with Crippen LogP contribution in [-0.4, -0.2) is 23.2 Å². The Bertz CT molecular complexity index is 792. The van der Waals surface area contributed by atoms with Gasteiger partial charge in [-0.15, -0.1) is 6.58 Å². The molecule has 126 valence electrons. The molecule has 4 rings (SSSR count). The van der Waals surface area contributed by atoms with Gasteiger partial charge in [0.25, 0.3) is 0 Å². The molecule has 0 unspecified atom stereocenters. The molecule has 0 fully saturated rings. The Hall–Kier alpha value is -2.07. The zero-order chi connectivity index (χ0) is 16.7. The third kappa shape index (κ3) is 2.28. The van der Waals surface area contributed by atoms with Crippen molar-refractivity contribution in [3.8, 4) is 0 Å². The number of esters is 1. The van der Waals surface area contributed by atoms with E-state index in [1.165, 1.54) is 22.2 Å². The summed E-state index contributed by atoms with van der Waals surface area (Å²) < 4.78 is 7.76. The molecule has 24 heavy (non-hydrogen) atoms. The van der Waals surface area contributed by atoms with Crippen LogP contribution in [0.15, 0.2) is 36.9 Å². The van der Waals surface area contributed by atoms with Crippen molar-refractivity contribution < 1.29 is 9.53 Å². The smallest absolute Gasteiger partial charge is 0.323 e. The maximum absolute atomic E-state index is 12.3. The lowest BCUT2D eigenvalue weighted by Crippen LogP contribution is -2.47. The highest BCUT2D eigenvalue weighted by molar-refractivity contribution is 5.88. The summed E-state index contributed by atoms with van der Waals surface area (Å²) in [7, 11) is 0. The number of allylic oxidation sites excluding steroid dienone is 1. The topological polar surface area (TPSA) is 43.3 Å². The molecule has 3 atom stereocenters. The van der Waals surface area contributed by atoms with E-state index in [9.17, 15) is 4.79 Å². The van der Waals surface area contributed by atoms with Gasteiger partial charge in [-0.05, 0) is 37.8 Å². The first-order valence-electron chi connectivity index (χ1n) is 8.89. The predicted molar refractivity (Wildman–Crippen MR) is 95.0 cm³/mol. The molecule has 0 aliphatic carbocycles. The van der Waals surface area contributed by atoms with E-state index in [0.29, 0.717) is 19.1 Å². The standard InChI is InChI=1S/C20H24N2O2/c1-3-7-13-10-11-16-19-15(12-17(21-16)20(23)24-4-2)14-8-5-6-9-18(14)22(13)19/h3,5-6,8-9,13,16-17,21H,1,4,7,10-12H2,2H3/t13-,16+,17+/m1/s1. The van der Waals surface area contributed by atoms with Crippen LogP contribution in [0.5, 0.6) is 0 Å². The molecule has 3 heterocycles. The Balaban J connectivity index is 1.85. The van der Waals surface area contributed by atoms with Gasteiger partial charge in [0, 0.05) is 35.1 Å². The summed E-state index contributed by atoms with van der Waals surface area (Å²) in [5, 5.41) is 4.82. The molecular formula is C20H24N2O2.